The molecule has 3 atom stereocenters. The van der Waals surface area contributed by atoms with Crippen LogP contribution in [-0.4, -0.2) is 90.5 Å². The number of likely N-dealkylation sites (tertiary alicyclic amines) is 1. The molecule has 0 bridgehead atoms. The Kier molecular flexibility index (Phi) is 11.9. The first-order valence-electron chi connectivity index (χ1n) is 13.2. The van der Waals surface area contributed by atoms with Crippen molar-refractivity contribution in [2.24, 2.45) is 9.98 Å². The highest BCUT2D eigenvalue weighted by atomic mass is 19.1. The van der Waals surface area contributed by atoms with Gasteiger partial charge in [0.1, 0.15) is 17.9 Å². The van der Waals surface area contributed by atoms with Crippen LogP contribution in [0.25, 0.3) is 0 Å². The number of pyridine rings is 1. The van der Waals surface area contributed by atoms with E-state index in [4.69, 9.17) is 5.41 Å². The van der Waals surface area contributed by atoms with Crippen molar-refractivity contribution in [2.45, 2.75) is 44.3 Å². The SMILES string of the molecule is C/C(CC=O)=C1\N=C[C@H]2CN12.C1=CC=NCC=C1.C=N.CN1CCC[C@H]1CN1C=CC(c2ccc(F)cn2)N1. The average molecular weight is 535 g/mol. The van der Waals surface area contributed by atoms with Gasteiger partial charge in [-0.05, 0) is 69.9 Å². The standard InChI is InChI=1S/C14H19FN4.C8H10N2O.C6H7N.CH3N/c1-18-7-2-3-12(18)10-19-8-6-14(17-19)13-5-4-11(15)9-16-13;1-6(2-3-11)8-9-4-7-5-10(7)8;1-2-4-6-7-5-3-1;1-2/h4-6,8-9,12,14,17H,2-3,7,10H2,1H3;3-4,7H,2,5H2,1H3;1-5H,6H2;2H,1H2/b;8-6-;;/t12-,14?;7-,10?;;/m00../s1. The van der Waals surface area contributed by atoms with Gasteiger partial charge in [0.2, 0.25) is 0 Å². The third-order valence-corrected chi connectivity index (χ3v) is 6.73. The summed E-state index contributed by atoms with van der Waals surface area (Å²) in [6, 6.07) is 4.38. The van der Waals surface area contributed by atoms with Crippen LogP contribution in [-0.2, 0) is 4.79 Å². The number of aldehydes is 1. The topological polar surface area (TPSA) is 100 Å². The molecule has 1 aromatic rings. The smallest absolute Gasteiger partial charge is 0.141 e. The zero-order valence-corrected chi connectivity index (χ0v) is 22.8. The number of hydrogen-bond acceptors (Lipinski definition) is 9. The molecule has 2 saturated heterocycles. The number of aromatic nitrogens is 1. The van der Waals surface area contributed by atoms with E-state index in [1.165, 1.54) is 31.6 Å². The Morgan fingerprint density at radius 1 is 1.28 bits per heavy atom. The van der Waals surface area contributed by atoms with Crippen LogP contribution in [0.1, 0.15) is 37.9 Å². The van der Waals surface area contributed by atoms with Crippen LogP contribution in [0.5, 0.6) is 0 Å². The molecule has 6 rings (SSSR count). The number of carbonyl (C=O) groups excluding carboxylic acids is 1. The molecule has 2 fully saturated rings. The summed E-state index contributed by atoms with van der Waals surface area (Å²) < 4.78 is 12.8. The number of nitrogens with one attached hydrogen (secondary N) is 2. The second kappa shape index (κ2) is 15.6. The lowest BCUT2D eigenvalue weighted by molar-refractivity contribution is -0.107. The molecule has 0 spiro atoms. The largest absolute Gasteiger partial charge is 0.344 e. The zero-order valence-electron chi connectivity index (χ0n) is 22.8. The van der Waals surface area contributed by atoms with Gasteiger partial charge in [-0.15, -0.1) is 0 Å². The van der Waals surface area contributed by atoms with Crippen LogP contribution in [0.2, 0.25) is 0 Å². The Labute approximate surface area is 230 Å². The van der Waals surface area contributed by atoms with Gasteiger partial charge in [0, 0.05) is 44.2 Å². The quantitative estimate of drug-likeness (QED) is 0.339. The molecule has 0 radical (unpaired) electrons. The molecule has 0 amide bonds. The Balaban J connectivity index is 0.000000177. The van der Waals surface area contributed by atoms with E-state index in [9.17, 15) is 9.18 Å². The molecule has 10 heteroatoms. The summed E-state index contributed by atoms with van der Waals surface area (Å²) in [6.07, 6.45) is 21.0. The minimum Gasteiger partial charge on any atom is -0.344 e. The third kappa shape index (κ3) is 9.19. The maximum Gasteiger partial charge on any atom is 0.141 e. The minimum atomic E-state index is -0.296. The van der Waals surface area contributed by atoms with Crippen LogP contribution < -0.4 is 5.43 Å². The number of halogens is 1. The van der Waals surface area contributed by atoms with Crippen molar-refractivity contribution in [3.05, 3.63) is 77.8 Å². The fourth-order valence-corrected chi connectivity index (χ4v) is 4.50. The van der Waals surface area contributed by atoms with E-state index >= 15 is 0 Å². The maximum absolute atomic E-state index is 12.8. The summed E-state index contributed by atoms with van der Waals surface area (Å²) in [7, 11) is 2.18. The molecule has 1 unspecified atom stereocenters. The van der Waals surface area contributed by atoms with Gasteiger partial charge < -0.3 is 25.0 Å². The summed E-state index contributed by atoms with van der Waals surface area (Å²) >= 11 is 0. The van der Waals surface area contributed by atoms with E-state index in [-0.39, 0.29) is 11.9 Å². The van der Waals surface area contributed by atoms with Gasteiger partial charge in [0.25, 0.3) is 0 Å². The highest BCUT2D eigenvalue weighted by molar-refractivity contribution is 5.75. The zero-order chi connectivity index (χ0) is 28.0. The molecule has 6 heterocycles. The number of fused-ring (bicyclic) bond motifs is 1. The Morgan fingerprint density at radius 3 is 2.77 bits per heavy atom. The number of likely N-dealkylation sites (N-methyl/N-ethyl adjacent to an activating group) is 1. The molecule has 9 nitrogen and oxygen atoms in total. The number of nitrogens with zero attached hydrogens (tertiary/aromatic N) is 6. The first kappa shape index (κ1) is 29.8. The first-order valence-corrected chi connectivity index (χ1v) is 13.2. The molecule has 0 aliphatic carbocycles. The highest BCUT2D eigenvalue weighted by Crippen LogP contribution is 2.31. The van der Waals surface area contributed by atoms with Gasteiger partial charge in [0.05, 0.1) is 30.5 Å². The normalized spacial score (nSPS) is 25.1. The van der Waals surface area contributed by atoms with Gasteiger partial charge in [-0.1, -0.05) is 18.2 Å². The Hall–Kier alpha value is -3.76. The summed E-state index contributed by atoms with van der Waals surface area (Å²) in [5, 5.41) is 7.61. The monoisotopic (exact) mass is 534 g/mol. The molecule has 2 N–H and O–H groups in total. The summed E-state index contributed by atoms with van der Waals surface area (Å²) in [5.74, 6) is 0.720. The molecule has 5 aliphatic rings. The number of hydrazine groups is 1. The van der Waals surface area contributed by atoms with Gasteiger partial charge in [-0.25, -0.2) is 14.8 Å². The van der Waals surface area contributed by atoms with E-state index < -0.39 is 0 Å². The number of carbonyl (C=O) groups is 1. The molecule has 1 aromatic heterocycles. The van der Waals surface area contributed by atoms with Gasteiger partial charge >= 0.3 is 0 Å². The summed E-state index contributed by atoms with van der Waals surface area (Å²) in [4.78, 5) is 27.1. The second-order valence-corrected chi connectivity index (χ2v) is 9.58. The maximum atomic E-state index is 12.8. The molecule has 5 aliphatic heterocycles. The van der Waals surface area contributed by atoms with Crippen LogP contribution in [0.3, 0.4) is 0 Å². The predicted molar refractivity (Wildman–Crippen MR) is 155 cm³/mol. The van der Waals surface area contributed by atoms with Crippen molar-refractivity contribution >= 4 is 25.4 Å². The molecular weight excluding hydrogens is 495 g/mol. The van der Waals surface area contributed by atoms with Crippen LogP contribution >= 0.6 is 0 Å². The van der Waals surface area contributed by atoms with E-state index in [1.54, 1.807) is 12.3 Å². The van der Waals surface area contributed by atoms with Gasteiger partial charge in [-0.3, -0.25) is 9.98 Å². The third-order valence-electron chi connectivity index (χ3n) is 6.73. The van der Waals surface area contributed by atoms with Crippen molar-refractivity contribution in [1.29, 1.82) is 5.41 Å². The number of rotatable bonds is 5. The number of hydrogen-bond donors (Lipinski definition) is 2. The minimum absolute atomic E-state index is 0.0484. The van der Waals surface area contributed by atoms with E-state index in [0.29, 0.717) is 18.5 Å². The lowest BCUT2D eigenvalue weighted by Crippen LogP contribution is -2.41. The Morgan fingerprint density at radius 2 is 2.13 bits per heavy atom. The summed E-state index contributed by atoms with van der Waals surface area (Å²) in [6.45, 7) is 8.54. The fraction of sp³-hybridized carbons (Fsp3) is 0.414. The first-order chi connectivity index (χ1) is 19.0. The van der Waals surface area contributed by atoms with Crippen molar-refractivity contribution < 1.29 is 9.18 Å². The number of aliphatic imine (C=N–C) groups is 2. The predicted octanol–water partition coefficient (Wildman–Crippen LogP) is 3.71. The molecule has 208 valence electrons. The summed E-state index contributed by atoms with van der Waals surface area (Å²) in [5.41, 5.74) is 5.31. The van der Waals surface area contributed by atoms with Crippen molar-refractivity contribution in [3.8, 4) is 0 Å². The van der Waals surface area contributed by atoms with E-state index in [2.05, 4.69) is 61.2 Å². The molecule has 39 heavy (non-hydrogen) atoms. The van der Waals surface area contributed by atoms with E-state index in [1.807, 2.05) is 37.4 Å². The molecule has 0 aromatic carbocycles. The van der Waals surface area contributed by atoms with Gasteiger partial charge in [0.15, 0.2) is 0 Å². The van der Waals surface area contributed by atoms with Crippen LogP contribution in [0.15, 0.2) is 76.3 Å². The van der Waals surface area contributed by atoms with E-state index in [0.717, 1.165) is 43.0 Å². The van der Waals surface area contributed by atoms with Crippen molar-refractivity contribution in [1.82, 2.24) is 25.2 Å². The highest BCUT2D eigenvalue weighted by Gasteiger charge is 2.39. The Bertz CT molecular complexity index is 1100. The second-order valence-electron chi connectivity index (χ2n) is 9.58. The van der Waals surface area contributed by atoms with Gasteiger partial charge in [-0.2, -0.15) is 0 Å². The fourth-order valence-electron chi connectivity index (χ4n) is 4.50. The van der Waals surface area contributed by atoms with Crippen molar-refractivity contribution in [3.63, 3.8) is 0 Å². The van der Waals surface area contributed by atoms with Crippen LogP contribution in [0.4, 0.5) is 4.39 Å². The average Bonchev–Trinajstić information content (AvgIpc) is 3.28. The lowest BCUT2D eigenvalue weighted by Gasteiger charge is -2.26. The lowest BCUT2D eigenvalue weighted by atomic mass is 10.2. The van der Waals surface area contributed by atoms with Crippen molar-refractivity contribution in [2.75, 3.05) is 33.2 Å². The van der Waals surface area contributed by atoms with Crippen LogP contribution in [0, 0.1) is 11.2 Å². The number of allylic oxidation sites excluding steroid dienone is 4. The molecular formula is C29H39FN8O. The molecule has 0 saturated carbocycles.